The molecule has 6 nitrogen and oxygen atoms in total. The molecule has 108 valence electrons. The van der Waals surface area contributed by atoms with Crippen LogP contribution in [0.3, 0.4) is 0 Å². The molecule has 7 heteroatoms. The second-order valence-electron chi connectivity index (χ2n) is 4.56. The van der Waals surface area contributed by atoms with Crippen molar-refractivity contribution in [1.82, 2.24) is 15.5 Å². The Bertz CT molecular complexity index is 677. The lowest BCUT2D eigenvalue weighted by Gasteiger charge is -2.19. The van der Waals surface area contributed by atoms with Crippen LogP contribution in [-0.4, -0.2) is 32.7 Å². The molecule has 0 unspecified atom stereocenters. The van der Waals surface area contributed by atoms with E-state index in [1.165, 1.54) is 17.5 Å². The Labute approximate surface area is 118 Å². The number of aromatic amines is 1. The molecular formula is C13H18N4O2S. The fraction of sp³-hybridized carbons (Fsp3) is 0.308. The van der Waals surface area contributed by atoms with E-state index in [2.05, 4.69) is 15.5 Å². The first kappa shape index (κ1) is 14.5. The SMILES string of the molecule is CNCc1cn[nH]c1S(=O)(=O)N(C)c1ccc(C)cc1. The van der Waals surface area contributed by atoms with Crippen LogP contribution in [0.2, 0.25) is 0 Å². The number of nitrogens with one attached hydrogen (secondary N) is 2. The molecule has 0 aliphatic heterocycles. The minimum Gasteiger partial charge on any atom is -0.316 e. The molecule has 0 atom stereocenters. The molecule has 0 amide bonds. The van der Waals surface area contributed by atoms with Gasteiger partial charge in [0.05, 0.1) is 11.9 Å². The largest absolute Gasteiger partial charge is 0.316 e. The summed E-state index contributed by atoms with van der Waals surface area (Å²) in [7, 11) is -0.350. The first-order chi connectivity index (χ1) is 9.46. The van der Waals surface area contributed by atoms with Gasteiger partial charge < -0.3 is 5.32 Å². The first-order valence-corrected chi connectivity index (χ1v) is 7.63. The molecule has 0 aliphatic rings. The average Bonchev–Trinajstić information content (AvgIpc) is 2.88. The highest BCUT2D eigenvalue weighted by molar-refractivity contribution is 7.92. The van der Waals surface area contributed by atoms with Gasteiger partial charge >= 0.3 is 0 Å². The van der Waals surface area contributed by atoms with Crippen LogP contribution >= 0.6 is 0 Å². The number of nitrogens with zero attached hydrogens (tertiary/aromatic N) is 2. The monoisotopic (exact) mass is 294 g/mol. The Hall–Kier alpha value is -1.86. The fourth-order valence-electron chi connectivity index (χ4n) is 1.87. The number of hydrogen-bond acceptors (Lipinski definition) is 4. The number of H-pyrrole nitrogens is 1. The van der Waals surface area contributed by atoms with Gasteiger partial charge in [0.2, 0.25) is 0 Å². The molecule has 20 heavy (non-hydrogen) atoms. The quantitative estimate of drug-likeness (QED) is 0.870. The summed E-state index contributed by atoms with van der Waals surface area (Å²) < 4.78 is 26.5. The molecule has 1 aromatic heterocycles. The lowest BCUT2D eigenvalue weighted by atomic mass is 10.2. The number of sulfonamides is 1. The minimum atomic E-state index is -3.64. The molecule has 2 N–H and O–H groups in total. The minimum absolute atomic E-state index is 0.120. The maximum Gasteiger partial charge on any atom is 0.281 e. The molecule has 2 aromatic rings. The van der Waals surface area contributed by atoms with Crippen LogP contribution in [-0.2, 0) is 16.6 Å². The molecule has 0 spiro atoms. The Morgan fingerprint density at radius 2 is 1.95 bits per heavy atom. The van der Waals surface area contributed by atoms with E-state index < -0.39 is 10.0 Å². The van der Waals surface area contributed by atoms with Crippen molar-refractivity contribution in [1.29, 1.82) is 0 Å². The molecule has 0 bridgehead atoms. The van der Waals surface area contributed by atoms with E-state index in [-0.39, 0.29) is 5.03 Å². The topological polar surface area (TPSA) is 78.1 Å². The van der Waals surface area contributed by atoms with Gasteiger partial charge in [0.25, 0.3) is 10.0 Å². The Morgan fingerprint density at radius 1 is 1.30 bits per heavy atom. The summed E-state index contributed by atoms with van der Waals surface area (Å²) in [6.45, 7) is 2.39. The number of aromatic nitrogens is 2. The molecule has 0 saturated heterocycles. The van der Waals surface area contributed by atoms with Crippen molar-refractivity contribution in [2.75, 3.05) is 18.4 Å². The third-order valence-corrected chi connectivity index (χ3v) is 4.86. The van der Waals surface area contributed by atoms with E-state index in [1.807, 2.05) is 19.1 Å². The molecule has 0 fully saturated rings. The van der Waals surface area contributed by atoms with Crippen molar-refractivity contribution in [3.8, 4) is 0 Å². The lowest BCUT2D eigenvalue weighted by Crippen LogP contribution is -2.28. The van der Waals surface area contributed by atoms with Gasteiger partial charge in [-0.2, -0.15) is 13.5 Å². The molecule has 0 aliphatic carbocycles. The Balaban J connectivity index is 2.38. The van der Waals surface area contributed by atoms with Crippen molar-refractivity contribution in [3.05, 3.63) is 41.6 Å². The number of hydrogen-bond donors (Lipinski definition) is 2. The van der Waals surface area contributed by atoms with E-state index in [0.29, 0.717) is 17.8 Å². The summed E-state index contributed by atoms with van der Waals surface area (Å²) in [6.07, 6.45) is 1.52. The highest BCUT2D eigenvalue weighted by atomic mass is 32.2. The van der Waals surface area contributed by atoms with Crippen LogP contribution in [0.1, 0.15) is 11.1 Å². The highest BCUT2D eigenvalue weighted by Gasteiger charge is 2.26. The van der Waals surface area contributed by atoms with Crippen molar-refractivity contribution in [3.63, 3.8) is 0 Å². The third-order valence-electron chi connectivity index (χ3n) is 3.06. The first-order valence-electron chi connectivity index (χ1n) is 6.19. The van der Waals surface area contributed by atoms with Crippen molar-refractivity contribution in [2.45, 2.75) is 18.5 Å². The summed E-state index contributed by atoms with van der Waals surface area (Å²) in [6, 6.07) is 7.31. The van der Waals surface area contributed by atoms with Crippen LogP contribution < -0.4 is 9.62 Å². The van der Waals surface area contributed by atoms with Crippen LogP contribution in [0, 0.1) is 6.92 Å². The van der Waals surface area contributed by atoms with Gasteiger partial charge in [0.1, 0.15) is 0 Å². The summed E-state index contributed by atoms with van der Waals surface area (Å²) in [4.78, 5) is 0. The van der Waals surface area contributed by atoms with Gasteiger partial charge in [-0.05, 0) is 26.1 Å². The van der Waals surface area contributed by atoms with Gasteiger partial charge in [-0.15, -0.1) is 0 Å². The molecule has 1 aromatic carbocycles. The molecule has 1 heterocycles. The van der Waals surface area contributed by atoms with Crippen molar-refractivity contribution >= 4 is 15.7 Å². The zero-order valence-electron chi connectivity index (χ0n) is 11.7. The molecular weight excluding hydrogens is 276 g/mol. The van der Waals surface area contributed by atoms with Gasteiger partial charge in [0.15, 0.2) is 5.03 Å². The fourth-order valence-corrected chi connectivity index (χ4v) is 3.17. The van der Waals surface area contributed by atoms with Crippen LogP contribution in [0.15, 0.2) is 35.5 Å². The van der Waals surface area contributed by atoms with E-state index in [9.17, 15) is 8.42 Å². The summed E-state index contributed by atoms with van der Waals surface area (Å²) in [5.41, 5.74) is 2.31. The van der Waals surface area contributed by atoms with Crippen LogP contribution in [0.5, 0.6) is 0 Å². The molecule has 0 saturated carbocycles. The lowest BCUT2D eigenvalue weighted by molar-refractivity contribution is 0.588. The number of anilines is 1. The Morgan fingerprint density at radius 3 is 2.55 bits per heavy atom. The normalized spacial score (nSPS) is 11.6. The van der Waals surface area contributed by atoms with Gasteiger partial charge in [-0.3, -0.25) is 9.40 Å². The van der Waals surface area contributed by atoms with E-state index in [4.69, 9.17) is 0 Å². The zero-order chi connectivity index (χ0) is 14.8. The maximum atomic E-state index is 12.6. The van der Waals surface area contributed by atoms with Crippen molar-refractivity contribution < 1.29 is 8.42 Å². The average molecular weight is 294 g/mol. The number of aryl methyl sites for hydroxylation is 1. The second kappa shape index (κ2) is 5.64. The Kier molecular flexibility index (Phi) is 4.10. The maximum absolute atomic E-state index is 12.6. The van der Waals surface area contributed by atoms with Crippen LogP contribution in [0.4, 0.5) is 5.69 Å². The van der Waals surface area contributed by atoms with Gasteiger partial charge in [-0.25, -0.2) is 0 Å². The van der Waals surface area contributed by atoms with Crippen LogP contribution in [0.25, 0.3) is 0 Å². The second-order valence-corrected chi connectivity index (χ2v) is 6.47. The van der Waals surface area contributed by atoms with E-state index in [1.54, 1.807) is 19.2 Å². The van der Waals surface area contributed by atoms with Gasteiger partial charge in [0, 0.05) is 19.2 Å². The number of rotatable bonds is 5. The predicted molar refractivity (Wildman–Crippen MR) is 78.1 cm³/mol. The number of benzene rings is 1. The smallest absolute Gasteiger partial charge is 0.281 e. The zero-order valence-corrected chi connectivity index (χ0v) is 12.5. The summed E-state index contributed by atoms with van der Waals surface area (Å²) in [5.74, 6) is 0. The summed E-state index contributed by atoms with van der Waals surface area (Å²) in [5, 5.41) is 9.45. The third kappa shape index (κ3) is 2.68. The standard InChI is InChI=1S/C13H18N4O2S/c1-10-4-6-12(7-5-10)17(3)20(18,19)13-11(8-14-2)9-15-16-13/h4-7,9,14H,8H2,1-3H3,(H,15,16). The van der Waals surface area contributed by atoms with Crippen molar-refractivity contribution in [2.24, 2.45) is 0 Å². The van der Waals surface area contributed by atoms with E-state index >= 15 is 0 Å². The molecule has 2 rings (SSSR count). The molecule has 0 radical (unpaired) electrons. The van der Waals surface area contributed by atoms with E-state index in [0.717, 1.165) is 5.56 Å². The predicted octanol–water partition coefficient (Wildman–Crippen LogP) is 1.26. The summed E-state index contributed by atoms with van der Waals surface area (Å²) >= 11 is 0. The van der Waals surface area contributed by atoms with Gasteiger partial charge in [-0.1, -0.05) is 17.7 Å². The highest BCUT2D eigenvalue weighted by Crippen LogP contribution is 2.23.